The first-order valence-electron chi connectivity index (χ1n) is 5.82. The van der Waals surface area contributed by atoms with Gasteiger partial charge in [-0.05, 0) is 38.0 Å². The molecule has 1 aromatic carbocycles. The van der Waals surface area contributed by atoms with Crippen LogP contribution in [0.15, 0.2) is 30.3 Å². The fourth-order valence-corrected chi connectivity index (χ4v) is 5.98. The maximum absolute atomic E-state index is 11.4. The summed E-state index contributed by atoms with van der Waals surface area (Å²) < 4.78 is 28.2. The number of aryl methyl sites for hydroxylation is 1. The van der Waals surface area contributed by atoms with Gasteiger partial charge in [0.15, 0.2) is 0 Å². The van der Waals surface area contributed by atoms with Crippen molar-refractivity contribution < 1.29 is 12.3 Å². The summed E-state index contributed by atoms with van der Waals surface area (Å²) in [5.74, 6) is 0.0504. The fourth-order valence-electron chi connectivity index (χ4n) is 1.53. The van der Waals surface area contributed by atoms with Gasteiger partial charge in [0, 0.05) is 0 Å². The van der Waals surface area contributed by atoms with Crippen molar-refractivity contribution in [3.8, 4) is 0 Å². The smallest absolute Gasteiger partial charge is 0.257 e. The van der Waals surface area contributed by atoms with Crippen LogP contribution in [0, 0.1) is 0 Å². The van der Waals surface area contributed by atoms with E-state index in [1.165, 1.54) is 5.56 Å². The van der Waals surface area contributed by atoms with Crippen molar-refractivity contribution in [2.45, 2.75) is 32.5 Å². The molecule has 0 unspecified atom stereocenters. The molecule has 0 atom stereocenters. The molecule has 0 spiro atoms. The topological polar surface area (TPSA) is 43.4 Å². The largest absolute Gasteiger partial charge is 0.315 e. The molecule has 0 aliphatic heterocycles. The Hall–Kier alpha value is -0.653. The minimum absolute atomic E-state index is 0.0504. The monoisotopic (exact) mass is 272 g/mol. The Morgan fingerprint density at radius 3 is 2.29 bits per heavy atom. The van der Waals surface area contributed by atoms with Crippen LogP contribution in [0.3, 0.4) is 0 Å². The van der Waals surface area contributed by atoms with Crippen molar-refractivity contribution in [3.63, 3.8) is 0 Å². The van der Waals surface area contributed by atoms with E-state index >= 15 is 0 Å². The number of benzene rings is 1. The average molecular weight is 272 g/mol. The molecule has 17 heavy (non-hydrogen) atoms. The zero-order valence-electron chi connectivity index (χ0n) is 10.6. The van der Waals surface area contributed by atoms with E-state index < -0.39 is 18.4 Å². The molecule has 0 N–H and O–H groups in total. The van der Waals surface area contributed by atoms with Gasteiger partial charge in [-0.2, -0.15) is 0 Å². The highest BCUT2D eigenvalue weighted by molar-refractivity contribution is 7.87. The molecule has 0 saturated heterocycles. The summed E-state index contributed by atoms with van der Waals surface area (Å²) in [6, 6.07) is 10.9. The van der Waals surface area contributed by atoms with Gasteiger partial charge >= 0.3 is 0 Å². The molecule has 1 aromatic rings. The minimum atomic E-state index is -3.32. The molecule has 1 rings (SSSR count). The highest BCUT2D eigenvalue weighted by atomic mass is 32.2. The quantitative estimate of drug-likeness (QED) is 0.748. The summed E-state index contributed by atoms with van der Waals surface area (Å²) in [6.45, 7) is 5.50. The average Bonchev–Trinajstić information content (AvgIpc) is 2.27. The standard InChI is InChI=1S/C12H20O3SSi/c1-4-16(13,14)15-17(2,3)11-10-12-8-6-5-7-9-12/h5-9H,4,10-11H2,1-3H3. The van der Waals surface area contributed by atoms with E-state index in [1.54, 1.807) is 6.92 Å². The van der Waals surface area contributed by atoms with E-state index in [9.17, 15) is 8.42 Å². The van der Waals surface area contributed by atoms with E-state index in [-0.39, 0.29) is 5.75 Å². The number of hydrogen-bond donors (Lipinski definition) is 0. The highest BCUT2D eigenvalue weighted by Crippen LogP contribution is 2.18. The summed E-state index contributed by atoms with van der Waals surface area (Å²) in [7, 11) is -5.45. The number of rotatable bonds is 6. The van der Waals surface area contributed by atoms with Crippen molar-refractivity contribution in [3.05, 3.63) is 35.9 Å². The van der Waals surface area contributed by atoms with Crippen LogP contribution in [0.5, 0.6) is 0 Å². The van der Waals surface area contributed by atoms with Gasteiger partial charge in [-0.3, -0.25) is 0 Å². The first-order valence-corrected chi connectivity index (χ1v) is 10.5. The second-order valence-electron chi connectivity index (χ2n) is 4.67. The Balaban J connectivity index is 2.56. The van der Waals surface area contributed by atoms with Gasteiger partial charge in [-0.25, -0.2) is 8.42 Å². The van der Waals surface area contributed by atoms with Gasteiger partial charge in [-0.1, -0.05) is 30.3 Å². The van der Waals surface area contributed by atoms with Gasteiger partial charge < -0.3 is 3.87 Å². The van der Waals surface area contributed by atoms with Crippen LogP contribution in [-0.4, -0.2) is 22.5 Å². The van der Waals surface area contributed by atoms with Crippen LogP contribution in [0.4, 0.5) is 0 Å². The van der Waals surface area contributed by atoms with Gasteiger partial charge in [-0.15, -0.1) is 0 Å². The second-order valence-corrected chi connectivity index (χ2v) is 11.1. The molecule has 0 saturated carbocycles. The SMILES string of the molecule is CCS(=O)(=O)O[Si](C)(C)CCc1ccccc1. The van der Waals surface area contributed by atoms with Crippen LogP contribution < -0.4 is 0 Å². The Bertz CT molecular complexity index is 440. The van der Waals surface area contributed by atoms with Crippen molar-refractivity contribution in [2.24, 2.45) is 0 Å². The summed E-state index contributed by atoms with van der Waals surface area (Å²) in [4.78, 5) is 0. The van der Waals surface area contributed by atoms with E-state index in [0.29, 0.717) is 0 Å². The Kier molecular flexibility index (Phi) is 4.91. The first-order chi connectivity index (χ1) is 7.85. The van der Waals surface area contributed by atoms with Crippen LogP contribution in [-0.2, 0) is 20.4 Å². The lowest BCUT2D eigenvalue weighted by atomic mass is 10.2. The number of hydrogen-bond acceptors (Lipinski definition) is 3. The third kappa shape index (κ3) is 5.47. The summed E-state index contributed by atoms with van der Waals surface area (Å²) in [6.07, 6.45) is 0.874. The van der Waals surface area contributed by atoms with E-state index in [1.807, 2.05) is 31.3 Å². The summed E-state index contributed by atoms with van der Waals surface area (Å²) in [5.41, 5.74) is 1.23. The van der Waals surface area contributed by atoms with Crippen LogP contribution >= 0.6 is 0 Å². The highest BCUT2D eigenvalue weighted by Gasteiger charge is 2.28. The lowest BCUT2D eigenvalue weighted by Gasteiger charge is -2.21. The van der Waals surface area contributed by atoms with E-state index in [2.05, 4.69) is 12.1 Å². The second kappa shape index (κ2) is 5.80. The molecule has 96 valence electrons. The zero-order valence-corrected chi connectivity index (χ0v) is 12.5. The predicted molar refractivity (Wildman–Crippen MR) is 73.0 cm³/mol. The van der Waals surface area contributed by atoms with Gasteiger partial charge in [0.1, 0.15) is 0 Å². The van der Waals surface area contributed by atoms with Crippen LogP contribution in [0.1, 0.15) is 12.5 Å². The Morgan fingerprint density at radius 2 is 1.76 bits per heavy atom. The molecule has 0 heterocycles. The van der Waals surface area contributed by atoms with Gasteiger partial charge in [0.25, 0.3) is 10.1 Å². The minimum Gasteiger partial charge on any atom is -0.315 e. The lowest BCUT2D eigenvalue weighted by molar-refractivity contribution is 0.482. The third-order valence-corrected chi connectivity index (χ3v) is 7.55. The molecule has 0 amide bonds. The summed E-state index contributed by atoms with van der Waals surface area (Å²) in [5, 5.41) is 0. The lowest BCUT2D eigenvalue weighted by Crippen LogP contribution is -2.34. The van der Waals surface area contributed by atoms with Crippen molar-refractivity contribution in [1.82, 2.24) is 0 Å². The first kappa shape index (κ1) is 14.4. The Morgan fingerprint density at radius 1 is 1.18 bits per heavy atom. The maximum atomic E-state index is 11.4. The van der Waals surface area contributed by atoms with E-state index in [0.717, 1.165) is 12.5 Å². The molecule has 5 heteroatoms. The van der Waals surface area contributed by atoms with Crippen molar-refractivity contribution >= 4 is 18.4 Å². The van der Waals surface area contributed by atoms with Crippen LogP contribution in [0.25, 0.3) is 0 Å². The molecule has 0 fully saturated rings. The molecular weight excluding hydrogens is 252 g/mol. The van der Waals surface area contributed by atoms with Crippen molar-refractivity contribution in [2.75, 3.05) is 5.75 Å². The van der Waals surface area contributed by atoms with Gasteiger partial charge in [0.05, 0.1) is 5.75 Å². The molecule has 0 bridgehead atoms. The zero-order chi connectivity index (χ0) is 12.9. The molecule has 0 aliphatic carbocycles. The third-order valence-electron chi connectivity index (χ3n) is 2.56. The molecular formula is C12H20O3SSi. The van der Waals surface area contributed by atoms with Crippen molar-refractivity contribution in [1.29, 1.82) is 0 Å². The maximum Gasteiger partial charge on any atom is 0.257 e. The summed E-state index contributed by atoms with van der Waals surface area (Å²) >= 11 is 0. The molecule has 0 aliphatic rings. The van der Waals surface area contributed by atoms with Gasteiger partial charge in [0.2, 0.25) is 8.32 Å². The molecule has 0 radical (unpaired) electrons. The van der Waals surface area contributed by atoms with E-state index in [4.69, 9.17) is 3.87 Å². The molecule has 0 aromatic heterocycles. The molecule has 3 nitrogen and oxygen atoms in total. The fraction of sp³-hybridized carbons (Fsp3) is 0.500. The normalized spacial score (nSPS) is 12.6. The van der Waals surface area contributed by atoms with Crippen LogP contribution in [0.2, 0.25) is 19.1 Å². The predicted octanol–water partition coefficient (Wildman–Crippen LogP) is 2.80. The Labute approximate surface area is 105 Å².